The van der Waals surface area contributed by atoms with Crippen molar-refractivity contribution in [3.63, 3.8) is 0 Å². The predicted molar refractivity (Wildman–Crippen MR) is 96.5 cm³/mol. The van der Waals surface area contributed by atoms with Gasteiger partial charge in [-0.15, -0.1) is 0 Å². The summed E-state index contributed by atoms with van der Waals surface area (Å²) in [5.41, 5.74) is 2.91. The molecule has 3 nitrogen and oxygen atoms in total. The van der Waals surface area contributed by atoms with Crippen LogP contribution in [0.5, 0.6) is 5.75 Å². The fourth-order valence-electron chi connectivity index (χ4n) is 2.59. The van der Waals surface area contributed by atoms with Crippen molar-refractivity contribution >= 4 is 5.97 Å². The molecule has 0 saturated heterocycles. The smallest absolute Gasteiger partial charge is 0.338 e. The van der Waals surface area contributed by atoms with Crippen molar-refractivity contribution in [2.45, 2.75) is 45.6 Å². The topological polar surface area (TPSA) is 35.5 Å². The number of rotatable bonds is 8. The third-order valence-corrected chi connectivity index (χ3v) is 4.12. The van der Waals surface area contributed by atoms with E-state index in [4.69, 9.17) is 9.47 Å². The number of benzene rings is 2. The number of esters is 1. The molecule has 0 amide bonds. The lowest BCUT2D eigenvalue weighted by molar-refractivity contribution is 0.0288. The van der Waals surface area contributed by atoms with Crippen LogP contribution in [0.4, 0.5) is 0 Å². The summed E-state index contributed by atoms with van der Waals surface area (Å²) >= 11 is 0. The van der Waals surface area contributed by atoms with Crippen molar-refractivity contribution in [2.24, 2.45) is 0 Å². The van der Waals surface area contributed by atoms with Gasteiger partial charge in [-0.25, -0.2) is 4.79 Å². The van der Waals surface area contributed by atoms with Crippen LogP contribution in [0, 0.1) is 0 Å². The summed E-state index contributed by atoms with van der Waals surface area (Å²) in [7, 11) is 1.60. The predicted octanol–water partition coefficient (Wildman–Crippen LogP) is 5.35. The quantitative estimate of drug-likeness (QED) is 0.614. The first kappa shape index (κ1) is 18.1. The van der Waals surface area contributed by atoms with Gasteiger partial charge in [-0.2, -0.15) is 0 Å². The highest BCUT2D eigenvalue weighted by Gasteiger charge is 2.16. The van der Waals surface area contributed by atoms with Crippen molar-refractivity contribution in [1.82, 2.24) is 0 Å². The molecule has 0 spiro atoms. The van der Waals surface area contributed by atoms with Gasteiger partial charge in [-0.05, 0) is 54.7 Å². The molecule has 0 heterocycles. The van der Waals surface area contributed by atoms with Gasteiger partial charge in [0, 0.05) is 0 Å². The normalized spacial score (nSPS) is 11.8. The average Bonchev–Trinajstić information content (AvgIpc) is 2.64. The summed E-state index contributed by atoms with van der Waals surface area (Å²) in [5.74, 6) is 0.417. The number of hydrogen-bond acceptors (Lipinski definition) is 3. The largest absolute Gasteiger partial charge is 0.497 e. The number of aryl methyl sites for hydroxylation is 1. The number of ether oxygens (including phenoxy) is 2. The highest BCUT2D eigenvalue weighted by atomic mass is 16.5. The highest BCUT2D eigenvalue weighted by molar-refractivity contribution is 5.89. The fraction of sp³-hybridized carbons (Fsp3) is 0.381. The Labute approximate surface area is 144 Å². The first-order valence-corrected chi connectivity index (χ1v) is 8.61. The molecule has 0 aliphatic carbocycles. The van der Waals surface area contributed by atoms with Crippen molar-refractivity contribution in [3.8, 4) is 5.75 Å². The molecule has 2 aromatic carbocycles. The monoisotopic (exact) mass is 326 g/mol. The zero-order valence-electron chi connectivity index (χ0n) is 14.7. The van der Waals surface area contributed by atoms with Crippen LogP contribution in [0.15, 0.2) is 48.5 Å². The van der Waals surface area contributed by atoms with Crippen LogP contribution in [0.2, 0.25) is 0 Å². The Morgan fingerprint density at radius 3 is 2.21 bits per heavy atom. The Morgan fingerprint density at radius 1 is 1.00 bits per heavy atom. The maximum Gasteiger partial charge on any atom is 0.338 e. The summed E-state index contributed by atoms with van der Waals surface area (Å²) < 4.78 is 10.8. The van der Waals surface area contributed by atoms with Crippen LogP contribution in [0.3, 0.4) is 0 Å². The first-order valence-electron chi connectivity index (χ1n) is 8.61. The Hall–Kier alpha value is -2.29. The van der Waals surface area contributed by atoms with Crippen molar-refractivity contribution in [2.75, 3.05) is 7.11 Å². The van der Waals surface area contributed by atoms with Crippen LogP contribution in [0.25, 0.3) is 0 Å². The van der Waals surface area contributed by atoms with Gasteiger partial charge in [-0.1, -0.05) is 44.5 Å². The minimum absolute atomic E-state index is 0.222. The lowest BCUT2D eigenvalue weighted by atomic mass is 10.0. The molecular formula is C21H26O3. The zero-order chi connectivity index (χ0) is 17.4. The molecule has 128 valence electrons. The first-order chi connectivity index (χ1) is 11.7. The van der Waals surface area contributed by atoms with Gasteiger partial charge in [0.1, 0.15) is 11.9 Å². The Balaban J connectivity index is 2.03. The van der Waals surface area contributed by atoms with E-state index in [9.17, 15) is 4.79 Å². The molecule has 3 heteroatoms. The van der Waals surface area contributed by atoms with Crippen LogP contribution in [-0.2, 0) is 11.2 Å². The van der Waals surface area contributed by atoms with E-state index in [2.05, 4.69) is 31.2 Å². The maximum atomic E-state index is 12.3. The van der Waals surface area contributed by atoms with Crippen molar-refractivity contribution in [3.05, 3.63) is 65.2 Å². The molecule has 0 radical (unpaired) electrons. The summed E-state index contributed by atoms with van der Waals surface area (Å²) in [6, 6.07) is 15.4. The number of unbranched alkanes of at least 4 members (excludes halogenated alkanes) is 1. The number of methoxy groups -OCH3 is 1. The van der Waals surface area contributed by atoms with Gasteiger partial charge in [-0.3, -0.25) is 0 Å². The summed E-state index contributed by atoms with van der Waals surface area (Å²) in [5, 5.41) is 0. The second-order valence-electron chi connectivity index (χ2n) is 5.88. The third kappa shape index (κ3) is 4.85. The van der Waals surface area contributed by atoms with Crippen molar-refractivity contribution in [1.29, 1.82) is 0 Å². The highest BCUT2D eigenvalue weighted by Crippen LogP contribution is 2.24. The average molecular weight is 326 g/mol. The number of carbonyl (C=O) groups is 1. The van der Waals surface area contributed by atoms with E-state index in [1.807, 2.05) is 6.92 Å². The summed E-state index contributed by atoms with van der Waals surface area (Å²) in [6.45, 7) is 4.22. The minimum Gasteiger partial charge on any atom is -0.497 e. The number of hydrogen-bond donors (Lipinski definition) is 0. The van der Waals surface area contributed by atoms with E-state index >= 15 is 0 Å². The molecule has 1 atom stereocenters. The van der Waals surface area contributed by atoms with Gasteiger partial charge in [0.05, 0.1) is 12.7 Å². The zero-order valence-corrected chi connectivity index (χ0v) is 14.7. The van der Waals surface area contributed by atoms with Crippen molar-refractivity contribution < 1.29 is 14.3 Å². The standard InChI is InChI=1S/C21H26O3/c1-4-6-7-16-8-10-17(11-9-16)20(5-2)24-21(22)18-12-14-19(23-3)15-13-18/h8-15,20H,4-7H2,1-3H3. The molecule has 0 aliphatic heterocycles. The fourth-order valence-corrected chi connectivity index (χ4v) is 2.59. The second-order valence-corrected chi connectivity index (χ2v) is 5.88. The Morgan fingerprint density at radius 2 is 1.67 bits per heavy atom. The van der Waals surface area contributed by atoms with Crippen LogP contribution >= 0.6 is 0 Å². The Kier molecular flexibility index (Phi) is 6.86. The third-order valence-electron chi connectivity index (χ3n) is 4.12. The van der Waals surface area contributed by atoms with E-state index in [1.54, 1.807) is 31.4 Å². The van der Waals surface area contributed by atoms with Gasteiger partial charge < -0.3 is 9.47 Å². The summed E-state index contributed by atoms with van der Waals surface area (Å²) in [4.78, 5) is 12.3. The molecular weight excluding hydrogens is 300 g/mol. The molecule has 2 aromatic rings. The molecule has 0 saturated carbocycles. The van der Waals surface area contributed by atoms with E-state index in [0.717, 1.165) is 24.2 Å². The molecule has 1 unspecified atom stereocenters. The molecule has 2 rings (SSSR count). The molecule has 24 heavy (non-hydrogen) atoms. The molecule has 0 fully saturated rings. The van der Waals surface area contributed by atoms with Gasteiger partial charge >= 0.3 is 5.97 Å². The number of carbonyl (C=O) groups excluding carboxylic acids is 1. The van der Waals surface area contributed by atoms with E-state index in [0.29, 0.717) is 5.56 Å². The summed E-state index contributed by atoms with van der Waals surface area (Å²) in [6.07, 6.45) is 4.01. The van der Waals surface area contributed by atoms with E-state index < -0.39 is 0 Å². The van der Waals surface area contributed by atoms with Gasteiger partial charge in [0.15, 0.2) is 0 Å². The van der Waals surface area contributed by atoms with Crippen LogP contribution in [-0.4, -0.2) is 13.1 Å². The van der Waals surface area contributed by atoms with E-state index in [-0.39, 0.29) is 12.1 Å². The van der Waals surface area contributed by atoms with Crippen LogP contribution < -0.4 is 4.74 Å². The minimum atomic E-state index is -0.306. The maximum absolute atomic E-state index is 12.3. The lowest BCUT2D eigenvalue weighted by Gasteiger charge is -2.17. The molecule has 0 aromatic heterocycles. The Bertz CT molecular complexity index is 629. The second kappa shape index (κ2) is 9.11. The van der Waals surface area contributed by atoms with Gasteiger partial charge in [0.25, 0.3) is 0 Å². The van der Waals surface area contributed by atoms with Crippen LogP contribution in [0.1, 0.15) is 60.7 Å². The van der Waals surface area contributed by atoms with Gasteiger partial charge in [0.2, 0.25) is 0 Å². The SMILES string of the molecule is CCCCc1ccc(C(CC)OC(=O)c2ccc(OC)cc2)cc1. The molecule has 0 bridgehead atoms. The lowest BCUT2D eigenvalue weighted by Crippen LogP contribution is -2.11. The molecule has 0 aliphatic rings. The molecule has 0 N–H and O–H groups in total. The van der Waals surface area contributed by atoms with E-state index in [1.165, 1.54) is 18.4 Å².